The molecule has 124 heavy (non-hydrogen) atoms. The highest BCUT2D eigenvalue weighted by molar-refractivity contribution is 5.90. The van der Waals surface area contributed by atoms with Gasteiger partial charge in [-0.25, -0.2) is 64.2 Å². The van der Waals surface area contributed by atoms with Crippen LogP contribution in [0.1, 0.15) is 154 Å². The number of rotatable bonds is 19. The van der Waals surface area contributed by atoms with E-state index in [2.05, 4.69) is 154 Å². The first-order valence-electron chi connectivity index (χ1n) is 42.3. The average Bonchev–Trinajstić information content (AvgIpc) is 0.810. The quantitative estimate of drug-likeness (QED) is 0.0373. The first kappa shape index (κ1) is 82.5. The molecular formula is C92H99FN26O5. The van der Waals surface area contributed by atoms with Crippen LogP contribution in [-0.4, -0.2) is 161 Å². The van der Waals surface area contributed by atoms with Crippen molar-refractivity contribution >= 4 is 111 Å². The summed E-state index contributed by atoms with van der Waals surface area (Å²) >= 11 is 0. The minimum Gasteiger partial charge on any atom is -0.379 e. The topological polar surface area (TPSA) is 370 Å². The van der Waals surface area contributed by atoms with E-state index in [4.69, 9.17) is 4.74 Å². The Morgan fingerprint density at radius 2 is 0.815 bits per heavy atom. The Labute approximate surface area is 711 Å². The summed E-state index contributed by atoms with van der Waals surface area (Å²) in [6.45, 7) is 22.8. The summed E-state index contributed by atoms with van der Waals surface area (Å²) in [5.41, 5.74) is 13.4. The lowest BCUT2D eigenvalue weighted by atomic mass is 9.98. The summed E-state index contributed by atoms with van der Waals surface area (Å²) < 4.78 is 27.1. The van der Waals surface area contributed by atoms with Gasteiger partial charge in [0.15, 0.2) is 45.9 Å². The van der Waals surface area contributed by atoms with Gasteiger partial charge in [-0.15, -0.1) is 0 Å². The molecule has 5 aromatic carbocycles. The van der Waals surface area contributed by atoms with Gasteiger partial charge in [0.2, 0.25) is 0 Å². The van der Waals surface area contributed by atoms with Crippen molar-refractivity contribution in [2.45, 2.75) is 143 Å². The van der Waals surface area contributed by atoms with Gasteiger partial charge in [-0.1, -0.05) is 98.6 Å². The highest BCUT2D eigenvalue weighted by Crippen LogP contribution is 2.37. The van der Waals surface area contributed by atoms with Crippen LogP contribution in [0.5, 0.6) is 0 Å². The smallest absolute Gasteiger partial charge is 0.263 e. The molecule has 17 aromatic rings. The van der Waals surface area contributed by atoms with Crippen LogP contribution in [-0.2, 0) is 11.3 Å². The Kier molecular flexibility index (Phi) is 24.0. The van der Waals surface area contributed by atoms with Gasteiger partial charge in [0.25, 0.3) is 22.2 Å². The molecular weight excluding hydrogens is 1570 g/mol. The lowest BCUT2D eigenvalue weighted by molar-refractivity contribution is 0.0362. The van der Waals surface area contributed by atoms with Crippen LogP contribution in [0.25, 0.3) is 93.4 Å². The zero-order valence-corrected chi connectivity index (χ0v) is 70.7. The number of aromatic amines is 4. The summed E-state index contributed by atoms with van der Waals surface area (Å²) in [5.74, 6) is 2.21. The van der Waals surface area contributed by atoms with Crippen molar-refractivity contribution in [3.05, 3.63) is 264 Å². The van der Waals surface area contributed by atoms with E-state index in [1.807, 2.05) is 130 Å². The normalized spacial score (nSPS) is 15.2. The number of aryl methyl sites for hydroxylation is 4. The third kappa shape index (κ3) is 16.8. The number of halogens is 1. The number of anilines is 4. The Bertz CT molecular complexity index is 7030. The highest BCUT2D eigenvalue weighted by Gasteiger charge is 2.30. The molecule has 634 valence electrons. The van der Waals surface area contributed by atoms with E-state index >= 15 is 0 Å². The van der Waals surface area contributed by atoms with Crippen LogP contribution < -0.4 is 43.5 Å². The summed E-state index contributed by atoms with van der Waals surface area (Å²) in [6.07, 6.45) is 19.5. The highest BCUT2D eigenvalue weighted by atomic mass is 19.1. The second-order valence-corrected chi connectivity index (χ2v) is 32.3. The number of likely N-dealkylation sites (tertiary alicyclic amines) is 1. The molecule has 2 saturated heterocycles. The van der Waals surface area contributed by atoms with Gasteiger partial charge in [-0.2, -0.15) is 0 Å². The molecule has 4 unspecified atom stereocenters. The van der Waals surface area contributed by atoms with E-state index < -0.39 is 5.82 Å². The van der Waals surface area contributed by atoms with Crippen molar-refractivity contribution in [3.8, 4) is 5.69 Å². The van der Waals surface area contributed by atoms with E-state index in [1.54, 1.807) is 42.0 Å². The Morgan fingerprint density at radius 1 is 0.427 bits per heavy atom. The third-order valence-corrected chi connectivity index (χ3v) is 24.2. The molecule has 1 saturated carbocycles. The predicted molar refractivity (Wildman–Crippen MR) is 483 cm³/mol. The second-order valence-electron chi connectivity index (χ2n) is 32.3. The van der Waals surface area contributed by atoms with Gasteiger partial charge in [-0.05, 0) is 187 Å². The lowest BCUT2D eigenvalue weighted by Crippen LogP contribution is -2.40. The van der Waals surface area contributed by atoms with E-state index in [9.17, 15) is 23.6 Å². The number of fused-ring (bicyclic) bond motifs is 8. The number of ether oxygens (including phenoxy) is 1. The number of hydrogen-bond acceptors (Lipinski definition) is 23. The van der Waals surface area contributed by atoms with Crippen molar-refractivity contribution < 1.29 is 9.13 Å². The molecule has 0 spiro atoms. The van der Waals surface area contributed by atoms with Crippen LogP contribution in [0.2, 0.25) is 0 Å². The van der Waals surface area contributed by atoms with Crippen LogP contribution in [0, 0.1) is 33.5 Å². The monoisotopic (exact) mass is 1670 g/mol. The number of aromatic nitrogens is 20. The molecule has 0 bridgehead atoms. The van der Waals surface area contributed by atoms with Crippen LogP contribution in [0.15, 0.2) is 191 Å². The fraction of sp³-hybridized carbons (Fsp3) is 0.326. The van der Waals surface area contributed by atoms with Crippen LogP contribution in [0.4, 0.5) is 27.7 Å². The molecule has 0 amide bonds. The number of morpholine rings is 1. The zero-order valence-electron chi connectivity index (χ0n) is 70.7. The van der Waals surface area contributed by atoms with Gasteiger partial charge >= 0.3 is 0 Å². The minimum absolute atomic E-state index is 0.0480. The molecule has 31 nitrogen and oxygen atoms in total. The number of nitrogens with one attached hydrogen (secondary N) is 8. The Hall–Kier alpha value is -13.9. The number of piperidine rings is 1. The van der Waals surface area contributed by atoms with Gasteiger partial charge in [0.05, 0.1) is 89.9 Å². The van der Waals surface area contributed by atoms with E-state index in [0.717, 1.165) is 172 Å². The minimum atomic E-state index is -0.407. The van der Waals surface area contributed by atoms with Gasteiger partial charge in [-0.3, -0.25) is 28.6 Å². The van der Waals surface area contributed by atoms with Gasteiger partial charge < -0.3 is 64.5 Å². The van der Waals surface area contributed by atoms with Crippen molar-refractivity contribution in [3.63, 3.8) is 0 Å². The zero-order chi connectivity index (χ0) is 85.8. The van der Waals surface area contributed by atoms with Crippen LogP contribution >= 0.6 is 0 Å². The van der Waals surface area contributed by atoms with E-state index in [0.29, 0.717) is 74.7 Å². The van der Waals surface area contributed by atoms with Gasteiger partial charge in [0, 0.05) is 61.0 Å². The number of H-pyrrole nitrogens is 4. The van der Waals surface area contributed by atoms with Gasteiger partial charge in [0.1, 0.15) is 53.2 Å². The Balaban J connectivity index is 0.000000117. The number of nitrogens with zero attached hydrogens (tertiary/aromatic N) is 18. The number of hydrogen-bond donors (Lipinski definition) is 8. The molecule has 12 aromatic heterocycles. The maximum absolute atomic E-state index is 14.0. The average molecular weight is 1670 g/mol. The fourth-order valence-electron chi connectivity index (χ4n) is 17.8. The summed E-state index contributed by atoms with van der Waals surface area (Å²) in [7, 11) is 2.14. The van der Waals surface area contributed by atoms with Crippen molar-refractivity contribution in [2.24, 2.45) is 0 Å². The van der Waals surface area contributed by atoms with Crippen molar-refractivity contribution in [1.29, 1.82) is 0 Å². The molecule has 0 radical (unpaired) electrons. The molecule has 20 rings (SSSR count). The van der Waals surface area contributed by atoms with Crippen LogP contribution in [0.3, 0.4) is 0 Å². The summed E-state index contributed by atoms with van der Waals surface area (Å²) in [5, 5.41) is 20.7. The fourth-order valence-corrected chi connectivity index (χ4v) is 17.8. The number of pyridine rings is 4. The molecule has 3 aliphatic rings. The molecule has 14 heterocycles. The molecule has 32 heteroatoms. The molecule has 2 aliphatic heterocycles. The third-order valence-electron chi connectivity index (χ3n) is 24.2. The van der Waals surface area contributed by atoms with Crippen molar-refractivity contribution in [1.82, 2.24) is 108 Å². The molecule has 8 N–H and O–H groups in total. The number of imidazole rings is 4. The standard InChI is InChI=1S/C24H29N7O.C23H19FN6O.C23H27N7O2.C22H24N6O/c1-4-18(29-23-21-22(26-13-25-21)27-14-28-23)19-12-16-7-5-6-15(2)20(16)24(32)31(19)17-8-10-30(3)11-9-17;1-13-5-3-6-15-9-18(14(2)29-22-20-21(26-11-25-20)27-12-28-22)30(23(31)19(13)15)17-8-4-7-16(24)10-17;1-15-4-3-5-17-12-18(16(2)28-22-20-21(25-13-24-20)26-14-27-22)30(23(31)19(15)17)7-6-29-8-10-32-11-9-29;1-13-6-5-7-15-10-17(28(22(29)18(13)15)16-8-3-4-9-16)14(2)27-21-19-20(24-11-23-19)25-12-26-21/h5-7,12-14,17-18H,4,8-11H2,1-3H3,(H2,25,26,27,28,29);3-12,14H,1-2H3,(H2,25,26,27,28,29);3-5,12-14,16H,6-11H2,1-2H3,(H2,24,25,26,27,28);5-7,10-12,14,16H,3-4,8-9H2,1-2H3,(H2,23,24,25,26,27). The Morgan fingerprint density at radius 3 is 1.27 bits per heavy atom. The maximum Gasteiger partial charge on any atom is 0.263 e. The van der Waals surface area contributed by atoms with E-state index in [1.165, 1.54) is 50.3 Å². The van der Waals surface area contributed by atoms with E-state index in [-0.39, 0.29) is 58.5 Å². The first-order valence-corrected chi connectivity index (χ1v) is 42.3. The second kappa shape index (κ2) is 36.1. The lowest BCUT2D eigenvalue weighted by Gasteiger charge is -2.34. The summed E-state index contributed by atoms with van der Waals surface area (Å²) in [4.78, 5) is 123. The summed E-state index contributed by atoms with van der Waals surface area (Å²) in [6, 6.07) is 38.1. The maximum atomic E-state index is 14.0. The number of benzene rings is 5. The predicted octanol–water partition coefficient (Wildman–Crippen LogP) is 14.8. The van der Waals surface area contributed by atoms with Crippen molar-refractivity contribution in [2.75, 3.05) is 74.3 Å². The molecule has 3 fully saturated rings. The first-order chi connectivity index (χ1) is 60.3. The largest absolute Gasteiger partial charge is 0.379 e. The molecule has 4 atom stereocenters. The molecule has 1 aliphatic carbocycles. The SMILES string of the molecule is CCC(Nc1ncnc2nc[nH]c12)c1cc2cccc(C)c2c(=O)n1C1CCN(C)CC1.Cc1cccc2cc(C(C)Nc3ncnc4nc[nH]c34)n(-c3cccc(F)c3)c(=O)c12.Cc1cccc2cc(C(C)Nc3ncnc4nc[nH]c34)n(C3CCCC3)c(=O)c12.Cc1cccc2cc(C(C)Nc3ncnc4nc[nH]c34)n(CCN3CCOCC3)c(=O)c12.